The van der Waals surface area contributed by atoms with Crippen LogP contribution in [0, 0.1) is 0 Å². The van der Waals surface area contributed by atoms with Crippen molar-refractivity contribution in [3.05, 3.63) is 48.6 Å². The van der Waals surface area contributed by atoms with Crippen LogP contribution in [0.4, 0.5) is 0 Å². The number of unbranched alkanes of at least 4 members (excludes halogenated alkanes) is 16. The summed E-state index contributed by atoms with van der Waals surface area (Å²) in [5.74, 6) is -0.834. The largest absolute Gasteiger partial charge is 0.472 e. The molecule has 0 heterocycles. The first-order chi connectivity index (χ1) is 25.3. The molecule has 0 aromatic carbocycles. The zero-order valence-electron chi connectivity index (χ0n) is 33.2. The van der Waals surface area contributed by atoms with Crippen LogP contribution in [0.1, 0.15) is 168 Å². The van der Waals surface area contributed by atoms with Crippen molar-refractivity contribution in [1.29, 1.82) is 0 Å². The van der Waals surface area contributed by atoms with Gasteiger partial charge in [-0.05, 0) is 58.4 Å². The fourth-order valence-corrected chi connectivity index (χ4v) is 6.12. The molecule has 0 rings (SSSR count). The van der Waals surface area contributed by atoms with E-state index in [2.05, 4.69) is 67.8 Å². The normalized spacial score (nSPS) is 13.8. The van der Waals surface area contributed by atoms with Gasteiger partial charge in [0.15, 0.2) is 6.10 Å². The summed E-state index contributed by atoms with van der Waals surface area (Å²) in [5, 5.41) is 2.82. The summed E-state index contributed by atoms with van der Waals surface area (Å²) in [5.41, 5.74) is 0. The molecule has 10 heteroatoms. The maximum Gasteiger partial charge on any atom is 0.472 e. The molecule has 0 radical (unpaired) electrons. The Kier molecular flexibility index (Phi) is 37.2. The first kappa shape index (κ1) is 50.0. The predicted molar refractivity (Wildman–Crippen MR) is 215 cm³/mol. The van der Waals surface area contributed by atoms with Gasteiger partial charge in [-0.15, -0.1) is 0 Å². The number of carbonyl (C=O) groups is 2. The van der Waals surface area contributed by atoms with E-state index in [4.69, 9.17) is 18.5 Å². The van der Waals surface area contributed by atoms with Crippen LogP contribution in [0.2, 0.25) is 0 Å². The first-order valence-corrected chi connectivity index (χ1v) is 22.1. The Bertz CT molecular complexity index is 996. The van der Waals surface area contributed by atoms with E-state index in [0.29, 0.717) is 13.0 Å². The number of rotatable bonds is 38. The minimum atomic E-state index is -4.35. The Morgan fingerprint density at radius 3 is 1.63 bits per heavy atom. The average Bonchev–Trinajstić information content (AvgIpc) is 3.12. The quantitative estimate of drug-likeness (QED) is 0.0275. The number of phosphoric ester groups is 1. The zero-order chi connectivity index (χ0) is 38.2. The number of hydrogen-bond acceptors (Lipinski definition) is 8. The van der Waals surface area contributed by atoms with Crippen LogP contribution >= 0.6 is 7.82 Å². The van der Waals surface area contributed by atoms with Crippen LogP contribution < -0.4 is 5.32 Å². The number of likely N-dealkylation sites (N-methyl/N-ethyl adjacent to an activating group) is 1. The minimum absolute atomic E-state index is 0.0227. The Labute approximate surface area is 318 Å². The van der Waals surface area contributed by atoms with Crippen LogP contribution in [0.5, 0.6) is 0 Å². The Morgan fingerprint density at radius 1 is 0.615 bits per heavy atom. The molecule has 0 spiro atoms. The van der Waals surface area contributed by atoms with Crippen molar-refractivity contribution in [2.24, 2.45) is 0 Å². The molecule has 0 aromatic rings. The highest BCUT2D eigenvalue weighted by molar-refractivity contribution is 7.47. The third-order valence-electron chi connectivity index (χ3n) is 8.46. The van der Waals surface area contributed by atoms with Gasteiger partial charge in [0.05, 0.1) is 13.2 Å². The molecule has 302 valence electrons. The van der Waals surface area contributed by atoms with Crippen molar-refractivity contribution in [2.45, 2.75) is 174 Å². The lowest BCUT2D eigenvalue weighted by molar-refractivity contribution is -0.161. The van der Waals surface area contributed by atoms with Gasteiger partial charge in [-0.25, -0.2) is 4.57 Å². The van der Waals surface area contributed by atoms with E-state index >= 15 is 0 Å². The smallest absolute Gasteiger partial charge is 0.462 e. The van der Waals surface area contributed by atoms with Crippen LogP contribution in [-0.4, -0.2) is 56.3 Å². The first-order valence-electron chi connectivity index (χ1n) is 20.6. The van der Waals surface area contributed by atoms with E-state index < -0.39 is 26.5 Å². The molecule has 0 saturated heterocycles. The van der Waals surface area contributed by atoms with Crippen molar-refractivity contribution < 1.29 is 37.6 Å². The summed E-state index contributed by atoms with van der Waals surface area (Å²) >= 11 is 0. The maximum atomic E-state index is 12.6. The van der Waals surface area contributed by atoms with Gasteiger partial charge < -0.3 is 19.7 Å². The second-order valence-electron chi connectivity index (χ2n) is 13.4. The highest BCUT2D eigenvalue weighted by Gasteiger charge is 2.26. The summed E-state index contributed by atoms with van der Waals surface area (Å²) in [4.78, 5) is 35.0. The molecule has 0 fully saturated rings. The van der Waals surface area contributed by atoms with E-state index in [1.54, 1.807) is 7.05 Å². The van der Waals surface area contributed by atoms with E-state index in [1.165, 1.54) is 64.2 Å². The van der Waals surface area contributed by atoms with Crippen molar-refractivity contribution in [3.8, 4) is 0 Å². The van der Waals surface area contributed by atoms with Gasteiger partial charge in [-0.3, -0.25) is 18.6 Å². The van der Waals surface area contributed by atoms with Crippen LogP contribution in [0.3, 0.4) is 0 Å². The number of ether oxygens (including phenoxy) is 2. The van der Waals surface area contributed by atoms with E-state index in [9.17, 15) is 19.0 Å². The van der Waals surface area contributed by atoms with Gasteiger partial charge in [0.25, 0.3) is 0 Å². The molecule has 2 N–H and O–H groups in total. The average molecular weight is 754 g/mol. The van der Waals surface area contributed by atoms with Gasteiger partial charge >= 0.3 is 19.8 Å². The monoisotopic (exact) mass is 754 g/mol. The summed E-state index contributed by atoms with van der Waals surface area (Å²) in [6, 6.07) is 0. The van der Waals surface area contributed by atoms with Crippen molar-refractivity contribution in [1.82, 2.24) is 5.32 Å². The molecule has 0 aliphatic rings. The topological polar surface area (TPSA) is 120 Å². The summed E-state index contributed by atoms with van der Waals surface area (Å²) in [6.07, 6.45) is 41.5. The lowest BCUT2D eigenvalue weighted by atomic mass is 10.0. The molecule has 0 aliphatic carbocycles. The zero-order valence-corrected chi connectivity index (χ0v) is 34.1. The highest BCUT2D eigenvalue weighted by atomic mass is 31.2. The van der Waals surface area contributed by atoms with Gasteiger partial charge in [0.2, 0.25) is 0 Å². The van der Waals surface area contributed by atoms with Crippen LogP contribution in [0.15, 0.2) is 48.6 Å². The third-order valence-corrected chi connectivity index (χ3v) is 9.45. The number of hydrogen-bond donors (Lipinski definition) is 2. The fraction of sp³-hybridized carbons (Fsp3) is 0.762. The lowest BCUT2D eigenvalue weighted by Gasteiger charge is -2.20. The lowest BCUT2D eigenvalue weighted by Crippen LogP contribution is -2.29. The number of allylic oxidation sites excluding steroid dienone is 8. The Morgan fingerprint density at radius 2 is 1.10 bits per heavy atom. The number of nitrogens with one attached hydrogen (secondary N) is 1. The fourth-order valence-electron chi connectivity index (χ4n) is 5.37. The van der Waals surface area contributed by atoms with Crippen LogP contribution in [-0.2, 0) is 32.7 Å². The number of esters is 2. The van der Waals surface area contributed by atoms with E-state index in [1.807, 2.05) is 0 Å². The van der Waals surface area contributed by atoms with Gasteiger partial charge in [0.1, 0.15) is 6.61 Å². The standard InChI is InChI=1S/C42H76NO8P/c1-4-6-8-10-12-14-16-18-19-20-21-23-25-27-29-31-33-35-42(45)51-40(39-50-52(46,47)49-37-36-43-3)38-48-41(44)34-32-30-28-26-24-22-17-15-13-11-9-7-5-2/h6,8,12,14,18-19,21,23,40,43H,4-5,7,9-11,13,15-17,20,22,24-39H2,1-3H3,(H,46,47)/b8-6-,14-12-,19-18-,23-21-. The van der Waals surface area contributed by atoms with Crippen LogP contribution in [0.25, 0.3) is 0 Å². The molecule has 9 nitrogen and oxygen atoms in total. The van der Waals surface area contributed by atoms with Crippen molar-refractivity contribution >= 4 is 19.8 Å². The maximum absolute atomic E-state index is 12.6. The summed E-state index contributed by atoms with van der Waals surface area (Å²) in [6.45, 7) is 4.07. The SMILES string of the molecule is CC/C=C\C/C=C\C/C=C\C/C=C\CCCCCCC(=O)OC(COC(=O)CCCCCCCCCCCCCCC)COP(=O)(O)OCCNC. The minimum Gasteiger partial charge on any atom is -0.462 e. The molecule has 2 unspecified atom stereocenters. The predicted octanol–water partition coefficient (Wildman–Crippen LogP) is 11.4. The molecule has 0 saturated carbocycles. The molecule has 52 heavy (non-hydrogen) atoms. The summed E-state index contributed by atoms with van der Waals surface area (Å²) < 4.78 is 33.1. The van der Waals surface area contributed by atoms with Gasteiger partial charge in [0, 0.05) is 19.4 Å². The second-order valence-corrected chi connectivity index (χ2v) is 14.9. The number of carbonyl (C=O) groups excluding carboxylic acids is 2. The van der Waals surface area contributed by atoms with Crippen molar-refractivity contribution in [2.75, 3.05) is 33.4 Å². The third kappa shape index (κ3) is 37.7. The highest BCUT2D eigenvalue weighted by Crippen LogP contribution is 2.43. The molecule has 0 bridgehead atoms. The van der Waals surface area contributed by atoms with E-state index in [0.717, 1.165) is 70.6 Å². The molecule has 0 amide bonds. The van der Waals surface area contributed by atoms with Gasteiger partial charge in [-0.1, -0.05) is 152 Å². The van der Waals surface area contributed by atoms with Crippen molar-refractivity contribution in [3.63, 3.8) is 0 Å². The second kappa shape index (κ2) is 38.7. The Hall–Kier alpha value is -2.03. The summed E-state index contributed by atoms with van der Waals surface area (Å²) in [7, 11) is -2.66. The Balaban J connectivity index is 4.30. The molecule has 0 aliphatic heterocycles. The molecule has 2 atom stereocenters. The van der Waals surface area contributed by atoms with E-state index in [-0.39, 0.29) is 32.0 Å². The van der Waals surface area contributed by atoms with Gasteiger partial charge in [-0.2, -0.15) is 0 Å². The number of phosphoric acid groups is 1. The molecular weight excluding hydrogens is 677 g/mol. The molecule has 0 aromatic heterocycles. The molecular formula is C42H76NO8P.